The number of carbonyl (C=O) groups excluding carboxylic acids is 2. The van der Waals surface area contributed by atoms with Gasteiger partial charge in [-0.3, -0.25) is 9.00 Å². The normalized spacial score (nSPS) is 19.2. The Bertz CT molecular complexity index is 326. The lowest BCUT2D eigenvalue weighted by Gasteiger charge is -2.16. The fourth-order valence-electron chi connectivity index (χ4n) is 2.25. The highest BCUT2D eigenvalue weighted by molar-refractivity contribution is 7.85. The number of nitrogens with one attached hydrogen (secondary N) is 1. The van der Waals surface area contributed by atoms with Crippen LogP contribution in [0, 0.1) is 5.92 Å². The predicted octanol–water partition coefficient (Wildman–Crippen LogP) is 0.603. The number of amides is 1. The molecule has 0 radical (unpaired) electrons. The van der Waals surface area contributed by atoms with Crippen molar-refractivity contribution in [1.82, 2.24) is 5.32 Å². The molecule has 0 bridgehead atoms. The van der Waals surface area contributed by atoms with Crippen molar-refractivity contribution in [2.24, 2.45) is 5.92 Å². The molecular formula is C12H21NO4S. The second-order valence-electron chi connectivity index (χ2n) is 4.70. The van der Waals surface area contributed by atoms with Gasteiger partial charge in [-0.15, -0.1) is 0 Å². The Hall–Kier alpha value is -0.910. The molecule has 0 spiro atoms. The highest BCUT2D eigenvalue weighted by Crippen LogP contribution is 2.25. The van der Waals surface area contributed by atoms with Crippen molar-refractivity contribution in [3.8, 4) is 0 Å². The lowest BCUT2D eigenvalue weighted by Crippen LogP contribution is -2.44. The lowest BCUT2D eigenvalue weighted by molar-refractivity contribution is -0.144. The minimum absolute atomic E-state index is 0.142. The average Bonchev–Trinajstić information content (AvgIpc) is 2.79. The van der Waals surface area contributed by atoms with Crippen molar-refractivity contribution in [2.45, 2.75) is 38.6 Å². The van der Waals surface area contributed by atoms with Gasteiger partial charge >= 0.3 is 5.97 Å². The fraction of sp³-hybridized carbons (Fsp3) is 0.833. The maximum Gasteiger partial charge on any atom is 0.329 e. The summed E-state index contributed by atoms with van der Waals surface area (Å²) in [6.07, 6.45) is 4.64. The van der Waals surface area contributed by atoms with E-state index in [0.29, 0.717) is 11.7 Å². The van der Waals surface area contributed by atoms with E-state index in [1.807, 2.05) is 0 Å². The monoisotopic (exact) mass is 275 g/mol. The minimum atomic E-state index is -1.09. The molecule has 18 heavy (non-hydrogen) atoms. The van der Waals surface area contributed by atoms with E-state index >= 15 is 0 Å². The molecule has 2 atom stereocenters. The Labute approximate surface area is 110 Å². The number of methoxy groups -OCH3 is 1. The highest BCUT2D eigenvalue weighted by atomic mass is 32.2. The average molecular weight is 275 g/mol. The summed E-state index contributed by atoms with van der Waals surface area (Å²) in [6, 6.07) is -0.797. The first-order valence-electron chi connectivity index (χ1n) is 6.22. The van der Waals surface area contributed by atoms with Crippen LogP contribution >= 0.6 is 0 Å². The maximum absolute atomic E-state index is 12.0. The zero-order chi connectivity index (χ0) is 13.5. The summed E-state index contributed by atoms with van der Waals surface area (Å²) >= 11 is 0. The summed E-state index contributed by atoms with van der Waals surface area (Å²) in [5.74, 6) is 0.408. The van der Waals surface area contributed by atoms with Gasteiger partial charge in [-0.2, -0.15) is 0 Å². The molecule has 1 N–H and O–H groups in total. The van der Waals surface area contributed by atoms with E-state index < -0.39 is 22.8 Å². The molecule has 1 saturated carbocycles. The molecule has 0 aromatic rings. The predicted molar refractivity (Wildman–Crippen MR) is 69.5 cm³/mol. The number of rotatable bonds is 6. The van der Waals surface area contributed by atoms with E-state index in [4.69, 9.17) is 0 Å². The molecule has 1 fully saturated rings. The first-order chi connectivity index (χ1) is 8.52. The van der Waals surface area contributed by atoms with Crippen LogP contribution in [0.4, 0.5) is 0 Å². The SMILES string of the molecule is COC(=O)C(CS(=O)CC1CCCC1)NC(C)=O. The first-order valence-corrected chi connectivity index (χ1v) is 7.71. The second-order valence-corrected chi connectivity index (χ2v) is 6.25. The van der Waals surface area contributed by atoms with E-state index in [9.17, 15) is 13.8 Å². The largest absolute Gasteiger partial charge is 0.467 e. The molecule has 0 heterocycles. The van der Waals surface area contributed by atoms with Gasteiger partial charge < -0.3 is 10.1 Å². The van der Waals surface area contributed by atoms with Crippen LogP contribution in [0.25, 0.3) is 0 Å². The van der Waals surface area contributed by atoms with Crippen molar-refractivity contribution < 1.29 is 18.5 Å². The second kappa shape index (κ2) is 7.51. The third-order valence-electron chi connectivity index (χ3n) is 3.11. The molecule has 0 aliphatic heterocycles. The van der Waals surface area contributed by atoms with E-state index in [1.165, 1.54) is 26.9 Å². The van der Waals surface area contributed by atoms with Crippen LogP contribution in [0.2, 0.25) is 0 Å². The van der Waals surface area contributed by atoms with Crippen molar-refractivity contribution in [3.05, 3.63) is 0 Å². The van der Waals surface area contributed by atoms with Gasteiger partial charge in [0.05, 0.1) is 12.9 Å². The van der Waals surface area contributed by atoms with E-state index in [-0.39, 0.29) is 11.7 Å². The van der Waals surface area contributed by atoms with Crippen LogP contribution in [0.1, 0.15) is 32.6 Å². The van der Waals surface area contributed by atoms with Crippen molar-refractivity contribution in [1.29, 1.82) is 0 Å². The smallest absolute Gasteiger partial charge is 0.329 e. The quantitative estimate of drug-likeness (QED) is 0.721. The maximum atomic E-state index is 12.0. The summed E-state index contributed by atoms with van der Waals surface area (Å²) in [6.45, 7) is 1.33. The number of carbonyl (C=O) groups is 2. The summed E-state index contributed by atoms with van der Waals surface area (Å²) in [5.41, 5.74) is 0. The van der Waals surface area contributed by atoms with E-state index in [0.717, 1.165) is 12.8 Å². The van der Waals surface area contributed by atoms with Crippen molar-refractivity contribution >= 4 is 22.7 Å². The molecule has 104 valence electrons. The molecule has 2 unspecified atom stereocenters. The molecule has 1 aliphatic carbocycles. The van der Waals surface area contributed by atoms with Crippen LogP contribution in [0.15, 0.2) is 0 Å². The van der Waals surface area contributed by atoms with E-state index in [1.54, 1.807) is 0 Å². The zero-order valence-corrected chi connectivity index (χ0v) is 11.8. The minimum Gasteiger partial charge on any atom is -0.467 e. The first kappa shape index (κ1) is 15.1. The number of esters is 1. The van der Waals surface area contributed by atoms with Crippen molar-refractivity contribution in [3.63, 3.8) is 0 Å². The topological polar surface area (TPSA) is 72.5 Å². The van der Waals surface area contributed by atoms with Gasteiger partial charge in [0.25, 0.3) is 0 Å². The van der Waals surface area contributed by atoms with Gasteiger partial charge in [0.1, 0.15) is 6.04 Å². The Kier molecular flexibility index (Phi) is 6.32. The van der Waals surface area contributed by atoms with Gasteiger partial charge in [0.15, 0.2) is 0 Å². The summed E-state index contributed by atoms with van der Waals surface area (Å²) in [4.78, 5) is 22.4. The highest BCUT2D eigenvalue weighted by Gasteiger charge is 2.25. The molecule has 5 nitrogen and oxygen atoms in total. The molecule has 1 amide bonds. The van der Waals surface area contributed by atoms with Crippen LogP contribution in [0.5, 0.6) is 0 Å². The Balaban J connectivity index is 2.45. The molecular weight excluding hydrogens is 254 g/mol. The van der Waals surface area contributed by atoms with Gasteiger partial charge in [0.2, 0.25) is 5.91 Å². The molecule has 0 saturated heterocycles. The Morgan fingerprint density at radius 3 is 2.50 bits per heavy atom. The Morgan fingerprint density at radius 1 is 1.39 bits per heavy atom. The van der Waals surface area contributed by atoms with Crippen LogP contribution in [0.3, 0.4) is 0 Å². The van der Waals surface area contributed by atoms with Crippen LogP contribution < -0.4 is 5.32 Å². The van der Waals surface area contributed by atoms with E-state index in [2.05, 4.69) is 10.1 Å². The zero-order valence-electron chi connectivity index (χ0n) is 10.9. The Morgan fingerprint density at radius 2 is 2.00 bits per heavy atom. The summed E-state index contributed by atoms with van der Waals surface area (Å²) in [5, 5.41) is 2.48. The van der Waals surface area contributed by atoms with Gasteiger partial charge in [-0.25, -0.2) is 4.79 Å². The standard InChI is InChI=1S/C12H21NO4S/c1-9(14)13-11(12(15)17-2)8-18(16)7-10-5-3-4-6-10/h10-11H,3-8H2,1-2H3,(H,13,14). The van der Waals surface area contributed by atoms with Crippen molar-refractivity contribution in [2.75, 3.05) is 18.6 Å². The molecule has 1 aliphatic rings. The molecule has 0 aromatic carbocycles. The molecule has 1 rings (SSSR count). The third kappa shape index (κ3) is 5.16. The molecule has 0 aromatic heterocycles. The molecule has 6 heteroatoms. The number of hydrogen-bond acceptors (Lipinski definition) is 4. The van der Waals surface area contributed by atoms with Gasteiger partial charge in [-0.1, -0.05) is 12.8 Å². The van der Waals surface area contributed by atoms with Crippen LogP contribution in [-0.2, 0) is 25.1 Å². The fourth-order valence-corrected chi connectivity index (χ4v) is 3.84. The van der Waals surface area contributed by atoms with Gasteiger partial charge in [0, 0.05) is 23.5 Å². The third-order valence-corrected chi connectivity index (χ3v) is 4.66. The summed E-state index contributed by atoms with van der Waals surface area (Å²) in [7, 11) is 0.167. The van der Waals surface area contributed by atoms with Gasteiger partial charge in [-0.05, 0) is 18.8 Å². The lowest BCUT2D eigenvalue weighted by atomic mass is 10.1. The number of hydrogen-bond donors (Lipinski definition) is 1. The summed E-state index contributed by atoms with van der Waals surface area (Å²) < 4.78 is 16.6. The number of ether oxygens (including phenoxy) is 1. The van der Waals surface area contributed by atoms with Crippen LogP contribution in [-0.4, -0.2) is 40.7 Å².